The Hall–Kier alpha value is -2.65. The van der Waals surface area contributed by atoms with Crippen molar-refractivity contribution in [1.82, 2.24) is 14.7 Å². The lowest BCUT2D eigenvalue weighted by Crippen LogP contribution is -2.31. The summed E-state index contributed by atoms with van der Waals surface area (Å²) in [5, 5.41) is 5.34. The van der Waals surface area contributed by atoms with Crippen molar-refractivity contribution in [3.05, 3.63) is 70.2 Å². The van der Waals surface area contributed by atoms with E-state index in [4.69, 9.17) is 38.4 Å². The number of ether oxygens (including phenoxy) is 2. The van der Waals surface area contributed by atoms with E-state index in [1.807, 2.05) is 67.7 Å². The van der Waals surface area contributed by atoms with Crippen molar-refractivity contribution >= 4 is 51.9 Å². The van der Waals surface area contributed by atoms with Crippen molar-refractivity contribution in [3.8, 4) is 22.7 Å². The Bertz CT molecular complexity index is 1230. The molecule has 1 saturated heterocycles. The largest absolute Gasteiger partial charge is 0.492 e. The standard InChI is InChI=1S/C25H24ClN3O3S2/c1-3-12-32-21-10-9-17(14-20(21)26)23-18(16-29(27-23)19-7-5-4-6-8-19)15-22-24(30)28(11-13-31-2)25(33)34-22/h4-10,14-16H,3,11-13H2,1-2H3/b22-15-. The van der Waals surface area contributed by atoms with E-state index in [0.717, 1.165) is 23.2 Å². The molecule has 0 bridgehead atoms. The van der Waals surface area contributed by atoms with Crippen LogP contribution in [0.1, 0.15) is 18.9 Å². The maximum Gasteiger partial charge on any atom is 0.266 e. The van der Waals surface area contributed by atoms with Gasteiger partial charge in [-0.25, -0.2) is 4.68 Å². The maximum absolute atomic E-state index is 13.0. The van der Waals surface area contributed by atoms with E-state index in [-0.39, 0.29) is 5.91 Å². The Morgan fingerprint density at radius 2 is 1.97 bits per heavy atom. The Morgan fingerprint density at radius 1 is 1.18 bits per heavy atom. The van der Waals surface area contributed by atoms with Crippen LogP contribution < -0.4 is 4.74 Å². The van der Waals surface area contributed by atoms with Gasteiger partial charge in [0.1, 0.15) is 15.8 Å². The highest BCUT2D eigenvalue weighted by Crippen LogP contribution is 2.36. The number of carbonyl (C=O) groups is 1. The summed E-state index contributed by atoms with van der Waals surface area (Å²) in [7, 11) is 1.60. The molecule has 0 atom stereocenters. The van der Waals surface area contributed by atoms with Gasteiger partial charge in [0.2, 0.25) is 0 Å². The van der Waals surface area contributed by atoms with Crippen LogP contribution in [-0.2, 0) is 9.53 Å². The van der Waals surface area contributed by atoms with Crippen LogP contribution in [0.4, 0.5) is 0 Å². The molecule has 1 amide bonds. The summed E-state index contributed by atoms with van der Waals surface area (Å²) in [6, 6.07) is 15.4. The Morgan fingerprint density at radius 3 is 2.68 bits per heavy atom. The highest BCUT2D eigenvalue weighted by molar-refractivity contribution is 8.26. The molecule has 3 aromatic rings. The van der Waals surface area contributed by atoms with Gasteiger partial charge in [-0.3, -0.25) is 9.69 Å². The van der Waals surface area contributed by atoms with Crippen molar-refractivity contribution in [2.24, 2.45) is 0 Å². The smallest absolute Gasteiger partial charge is 0.266 e. The number of carbonyl (C=O) groups excluding carboxylic acids is 1. The van der Waals surface area contributed by atoms with Crippen LogP contribution in [0, 0.1) is 0 Å². The lowest BCUT2D eigenvalue weighted by Gasteiger charge is -2.12. The van der Waals surface area contributed by atoms with Gasteiger partial charge in [-0.1, -0.05) is 60.7 Å². The fourth-order valence-corrected chi connectivity index (χ4v) is 4.96. The van der Waals surface area contributed by atoms with Gasteiger partial charge in [0.05, 0.1) is 35.4 Å². The van der Waals surface area contributed by atoms with Gasteiger partial charge < -0.3 is 9.47 Å². The topological polar surface area (TPSA) is 56.6 Å². The van der Waals surface area contributed by atoms with Crippen molar-refractivity contribution in [1.29, 1.82) is 0 Å². The third-order valence-electron chi connectivity index (χ3n) is 5.11. The minimum atomic E-state index is -0.133. The Kier molecular flexibility index (Phi) is 8.05. The number of methoxy groups -OCH3 is 1. The lowest BCUT2D eigenvalue weighted by atomic mass is 10.1. The van der Waals surface area contributed by atoms with Crippen LogP contribution in [0.3, 0.4) is 0 Å². The van der Waals surface area contributed by atoms with Crippen LogP contribution in [0.5, 0.6) is 5.75 Å². The summed E-state index contributed by atoms with van der Waals surface area (Å²) in [6.07, 6.45) is 4.64. The van der Waals surface area contributed by atoms with Gasteiger partial charge >= 0.3 is 0 Å². The van der Waals surface area contributed by atoms with Crippen LogP contribution >= 0.6 is 35.6 Å². The number of para-hydroxylation sites is 1. The van der Waals surface area contributed by atoms with Gasteiger partial charge in [-0.05, 0) is 42.8 Å². The molecule has 1 aliphatic rings. The molecular weight excluding hydrogens is 490 g/mol. The zero-order valence-electron chi connectivity index (χ0n) is 18.9. The third-order valence-corrected chi connectivity index (χ3v) is 6.78. The summed E-state index contributed by atoms with van der Waals surface area (Å²) in [6.45, 7) is 3.48. The molecule has 34 heavy (non-hydrogen) atoms. The number of nitrogens with zero attached hydrogens (tertiary/aromatic N) is 3. The van der Waals surface area contributed by atoms with E-state index >= 15 is 0 Å². The van der Waals surface area contributed by atoms with E-state index in [2.05, 4.69) is 0 Å². The molecule has 0 aliphatic carbocycles. The van der Waals surface area contributed by atoms with Crippen molar-refractivity contribution < 1.29 is 14.3 Å². The number of benzene rings is 2. The quantitative estimate of drug-likeness (QED) is 0.265. The van der Waals surface area contributed by atoms with Gasteiger partial charge in [-0.2, -0.15) is 5.10 Å². The zero-order chi connectivity index (χ0) is 24.1. The molecule has 0 spiro atoms. The van der Waals surface area contributed by atoms with Crippen LogP contribution in [-0.4, -0.2) is 51.8 Å². The van der Waals surface area contributed by atoms with Crippen LogP contribution in [0.15, 0.2) is 59.6 Å². The summed E-state index contributed by atoms with van der Waals surface area (Å²) in [4.78, 5) is 15.1. The average Bonchev–Trinajstić information content (AvgIpc) is 3.38. The molecule has 2 aromatic carbocycles. The third kappa shape index (κ3) is 5.36. The predicted molar refractivity (Wildman–Crippen MR) is 142 cm³/mol. The molecular formula is C25H24ClN3O3S2. The Balaban J connectivity index is 1.74. The molecule has 1 aliphatic heterocycles. The molecule has 9 heteroatoms. The molecule has 1 aromatic heterocycles. The molecule has 2 heterocycles. The first kappa shape index (κ1) is 24.5. The first-order chi connectivity index (χ1) is 16.5. The fourth-order valence-electron chi connectivity index (χ4n) is 3.42. The Labute approximate surface area is 213 Å². The number of hydrogen-bond acceptors (Lipinski definition) is 6. The molecule has 1 fully saturated rings. The predicted octanol–water partition coefficient (Wildman–Crippen LogP) is 5.83. The number of rotatable bonds is 9. The van der Waals surface area contributed by atoms with E-state index < -0.39 is 0 Å². The molecule has 6 nitrogen and oxygen atoms in total. The van der Waals surface area contributed by atoms with Crippen molar-refractivity contribution in [3.63, 3.8) is 0 Å². The summed E-state index contributed by atoms with van der Waals surface area (Å²) in [5.74, 6) is 0.502. The van der Waals surface area contributed by atoms with E-state index in [1.165, 1.54) is 11.8 Å². The van der Waals surface area contributed by atoms with E-state index in [0.29, 0.717) is 45.5 Å². The number of thiocarbonyl (C=S) groups is 1. The molecule has 0 saturated carbocycles. The molecule has 0 unspecified atom stereocenters. The molecule has 176 valence electrons. The highest BCUT2D eigenvalue weighted by atomic mass is 35.5. The fraction of sp³-hybridized carbons (Fsp3) is 0.240. The minimum Gasteiger partial charge on any atom is -0.492 e. The minimum absolute atomic E-state index is 0.133. The van der Waals surface area contributed by atoms with E-state index in [9.17, 15) is 4.79 Å². The van der Waals surface area contributed by atoms with Crippen molar-refractivity contribution in [2.75, 3.05) is 26.9 Å². The first-order valence-corrected chi connectivity index (χ1v) is 12.4. The average molecular weight is 514 g/mol. The number of aromatic nitrogens is 2. The summed E-state index contributed by atoms with van der Waals surface area (Å²) >= 11 is 13.2. The normalized spacial score (nSPS) is 14.9. The monoisotopic (exact) mass is 513 g/mol. The van der Waals surface area contributed by atoms with Gasteiger partial charge in [0, 0.05) is 24.4 Å². The van der Waals surface area contributed by atoms with Gasteiger partial charge in [0.15, 0.2) is 0 Å². The number of amides is 1. The second-order valence-electron chi connectivity index (χ2n) is 7.53. The van der Waals surface area contributed by atoms with Crippen molar-refractivity contribution in [2.45, 2.75) is 13.3 Å². The molecule has 0 radical (unpaired) electrons. The number of halogens is 1. The molecule has 0 N–H and O–H groups in total. The second kappa shape index (κ2) is 11.2. The molecule has 4 rings (SSSR count). The maximum atomic E-state index is 13.0. The SMILES string of the molecule is CCCOc1ccc(-c2nn(-c3ccccc3)cc2/C=C2\SC(=S)N(CCOC)C2=O)cc1Cl. The van der Waals surface area contributed by atoms with Crippen LogP contribution in [0.2, 0.25) is 5.02 Å². The zero-order valence-corrected chi connectivity index (χ0v) is 21.3. The number of thioether (sulfide) groups is 1. The summed E-state index contributed by atoms with van der Waals surface area (Å²) in [5.41, 5.74) is 3.22. The van der Waals surface area contributed by atoms with E-state index in [1.54, 1.807) is 16.7 Å². The van der Waals surface area contributed by atoms with Gasteiger partial charge in [-0.15, -0.1) is 0 Å². The van der Waals surface area contributed by atoms with Gasteiger partial charge in [0.25, 0.3) is 5.91 Å². The number of hydrogen-bond donors (Lipinski definition) is 0. The highest BCUT2D eigenvalue weighted by Gasteiger charge is 2.32. The lowest BCUT2D eigenvalue weighted by molar-refractivity contribution is -0.122. The first-order valence-electron chi connectivity index (χ1n) is 10.8. The summed E-state index contributed by atoms with van der Waals surface area (Å²) < 4.78 is 13.1. The second-order valence-corrected chi connectivity index (χ2v) is 9.62. The van der Waals surface area contributed by atoms with Crippen LogP contribution in [0.25, 0.3) is 23.0 Å².